The number of halogens is 1. The Hall–Kier alpha value is -1.56. The predicted molar refractivity (Wildman–Crippen MR) is 64.3 cm³/mol. The maximum Gasteiger partial charge on any atom is 0.412 e. The van der Waals surface area contributed by atoms with Crippen molar-refractivity contribution in [2.24, 2.45) is 7.05 Å². The van der Waals surface area contributed by atoms with Crippen LogP contribution in [0.5, 0.6) is 0 Å². The van der Waals surface area contributed by atoms with Gasteiger partial charge in [0.1, 0.15) is 11.3 Å². The number of carbonyl (C=O) groups excluding carboxylic acids is 1. The first-order valence-corrected chi connectivity index (χ1v) is 5.29. The highest BCUT2D eigenvalue weighted by Gasteiger charge is 2.19. The molecule has 0 fully saturated rings. The number of aromatic nitrogens is 2. The molecule has 17 heavy (non-hydrogen) atoms. The van der Waals surface area contributed by atoms with Gasteiger partial charge in [-0.1, -0.05) is 11.6 Å². The smallest absolute Gasteiger partial charge is 0.412 e. The lowest BCUT2D eigenvalue weighted by Crippen LogP contribution is -2.30. The summed E-state index contributed by atoms with van der Waals surface area (Å²) in [5, 5.41) is 2.22. The van der Waals surface area contributed by atoms with Crippen molar-refractivity contribution >= 4 is 23.4 Å². The third-order valence-corrected chi connectivity index (χ3v) is 2.00. The van der Waals surface area contributed by atoms with Gasteiger partial charge in [-0.05, 0) is 20.8 Å². The molecular weight excluding hydrogens is 246 g/mol. The van der Waals surface area contributed by atoms with E-state index in [1.165, 1.54) is 17.9 Å². The van der Waals surface area contributed by atoms with E-state index in [-0.39, 0.29) is 10.8 Å². The molecule has 0 bridgehead atoms. The maximum atomic E-state index is 11.7. The van der Waals surface area contributed by atoms with Gasteiger partial charge in [-0.2, -0.15) is 0 Å². The average Bonchev–Trinajstić information content (AvgIpc) is 2.16. The summed E-state index contributed by atoms with van der Waals surface area (Å²) in [6.07, 6.45) is 0.523. The number of nitrogens with zero attached hydrogens (tertiary/aromatic N) is 2. The molecule has 7 heteroatoms. The minimum atomic E-state index is -0.746. The van der Waals surface area contributed by atoms with E-state index in [1.807, 2.05) is 0 Å². The van der Waals surface area contributed by atoms with Crippen molar-refractivity contribution in [1.29, 1.82) is 0 Å². The van der Waals surface area contributed by atoms with Crippen molar-refractivity contribution < 1.29 is 9.53 Å². The number of hydrogen-bond donors (Lipinski definition) is 1. The van der Waals surface area contributed by atoms with E-state index in [1.54, 1.807) is 20.8 Å². The van der Waals surface area contributed by atoms with Gasteiger partial charge >= 0.3 is 6.09 Å². The number of rotatable bonds is 1. The molecule has 0 atom stereocenters. The van der Waals surface area contributed by atoms with Crippen LogP contribution in [-0.2, 0) is 11.8 Å². The number of anilines is 1. The van der Waals surface area contributed by atoms with E-state index < -0.39 is 17.3 Å². The Balaban J connectivity index is 2.93. The van der Waals surface area contributed by atoms with E-state index in [0.29, 0.717) is 0 Å². The monoisotopic (exact) mass is 259 g/mol. The van der Waals surface area contributed by atoms with Crippen LogP contribution in [0.3, 0.4) is 0 Å². The van der Waals surface area contributed by atoms with Crippen molar-refractivity contribution in [2.75, 3.05) is 5.32 Å². The number of aryl methyl sites for hydroxylation is 1. The second-order valence-electron chi connectivity index (χ2n) is 4.45. The zero-order chi connectivity index (χ0) is 13.2. The summed E-state index contributed by atoms with van der Waals surface area (Å²) in [6.45, 7) is 5.15. The predicted octanol–water partition coefficient (Wildman–Crippen LogP) is 1.78. The second-order valence-corrected chi connectivity index (χ2v) is 4.81. The summed E-state index contributed by atoms with van der Waals surface area (Å²) in [4.78, 5) is 26.9. The van der Waals surface area contributed by atoms with Crippen LogP contribution >= 0.6 is 11.6 Å². The summed E-state index contributed by atoms with van der Waals surface area (Å²) < 4.78 is 6.21. The first kappa shape index (κ1) is 13.5. The molecule has 6 nitrogen and oxygen atoms in total. The SMILES string of the molecule is Cn1cnc(Cl)c(NC(=O)OC(C)(C)C)c1=O. The van der Waals surface area contributed by atoms with Crippen molar-refractivity contribution in [3.8, 4) is 0 Å². The van der Waals surface area contributed by atoms with Gasteiger partial charge in [-0.25, -0.2) is 9.78 Å². The highest BCUT2D eigenvalue weighted by Crippen LogP contribution is 2.14. The maximum absolute atomic E-state index is 11.7. The van der Waals surface area contributed by atoms with Crippen LogP contribution in [0.4, 0.5) is 10.5 Å². The fraction of sp³-hybridized carbons (Fsp3) is 0.500. The molecule has 94 valence electrons. The molecule has 0 radical (unpaired) electrons. The molecule has 1 amide bonds. The van der Waals surface area contributed by atoms with Crippen molar-refractivity contribution in [1.82, 2.24) is 9.55 Å². The second kappa shape index (κ2) is 4.75. The first-order valence-electron chi connectivity index (χ1n) is 4.92. The Morgan fingerprint density at radius 2 is 2.12 bits per heavy atom. The molecule has 0 saturated carbocycles. The van der Waals surface area contributed by atoms with Gasteiger partial charge in [0.05, 0.1) is 6.33 Å². The van der Waals surface area contributed by atoms with Crippen LogP contribution < -0.4 is 10.9 Å². The summed E-state index contributed by atoms with van der Waals surface area (Å²) in [5.74, 6) is 0. The molecule has 1 heterocycles. The number of amides is 1. The Morgan fingerprint density at radius 1 is 1.53 bits per heavy atom. The van der Waals surface area contributed by atoms with Gasteiger partial charge in [-0.3, -0.25) is 10.1 Å². The standard InChI is InChI=1S/C10H14ClN3O3/c1-10(2,3)17-9(16)13-6-7(11)12-5-14(4)8(6)15/h5H,1-4H3,(H,13,16). The van der Waals surface area contributed by atoms with E-state index >= 15 is 0 Å². The lowest BCUT2D eigenvalue weighted by molar-refractivity contribution is 0.0635. The van der Waals surface area contributed by atoms with Crippen LogP contribution in [0.15, 0.2) is 11.1 Å². The van der Waals surface area contributed by atoms with Crippen LogP contribution in [-0.4, -0.2) is 21.2 Å². The van der Waals surface area contributed by atoms with E-state index in [4.69, 9.17) is 16.3 Å². The largest absolute Gasteiger partial charge is 0.444 e. The molecule has 1 rings (SSSR count). The highest BCUT2D eigenvalue weighted by molar-refractivity contribution is 6.32. The zero-order valence-corrected chi connectivity index (χ0v) is 10.8. The zero-order valence-electron chi connectivity index (χ0n) is 10.1. The first-order chi connectivity index (χ1) is 7.70. The molecule has 1 aromatic heterocycles. The van der Waals surface area contributed by atoms with E-state index in [9.17, 15) is 9.59 Å². The molecule has 0 saturated heterocycles. The Bertz CT molecular complexity index is 491. The normalized spacial score (nSPS) is 11.1. The Morgan fingerprint density at radius 3 is 2.65 bits per heavy atom. The van der Waals surface area contributed by atoms with Crippen molar-refractivity contribution in [3.05, 3.63) is 21.8 Å². The number of nitrogens with one attached hydrogen (secondary N) is 1. The fourth-order valence-corrected chi connectivity index (χ4v) is 1.20. The third kappa shape index (κ3) is 3.74. The van der Waals surface area contributed by atoms with Crippen LogP contribution in [0.2, 0.25) is 5.15 Å². The summed E-state index contributed by atoms with van der Waals surface area (Å²) in [5.41, 5.74) is -1.19. The quantitative estimate of drug-likeness (QED) is 0.780. The highest BCUT2D eigenvalue weighted by atomic mass is 35.5. The summed E-state index contributed by atoms with van der Waals surface area (Å²) in [7, 11) is 1.51. The minimum Gasteiger partial charge on any atom is -0.444 e. The van der Waals surface area contributed by atoms with Crippen LogP contribution in [0.25, 0.3) is 0 Å². The van der Waals surface area contributed by atoms with Crippen molar-refractivity contribution in [2.45, 2.75) is 26.4 Å². The lowest BCUT2D eigenvalue weighted by Gasteiger charge is -2.19. The fourth-order valence-electron chi connectivity index (χ4n) is 1.03. The molecule has 0 aromatic carbocycles. The summed E-state index contributed by atoms with van der Waals surface area (Å²) in [6, 6.07) is 0. The number of hydrogen-bond acceptors (Lipinski definition) is 4. The van der Waals surface area contributed by atoms with E-state index in [2.05, 4.69) is 10.3 Å². The van der Waals surface area contributed by atoms with Gasteiger partial charge in [0.15, 0.2) is 5.15 Å². The van der Waals surface area contributed by atoms with Gasteiger partial charge < -0.3 is 9.30 Å². The molecule has 0 spiro atoms. The average molecular weight is 260 g/mol. The minimum absolute atomic E-state index is 0.0704. The molecule has 0 aliphatic carbocycles. The number of ether oxygens (including phenoxy) is 1. The topological polar surface area (TPSA) is 73.2 Å². The third-order valence-electron chi connectivity index (χ3n) is 1.71. The van der Waals surface area contributed by atoms with Crippen LogP contribution in [0.1, 0.15) is 20.8 Å². The van der Waals surface area contributed by atoms with Gasteiger partial charge in [0.25, 0.3) is 5.56 Å². The molecule has 1 N–H and O–H groups in total. The lowest BCUT2D eigenvalue weighted by atomic mass is 10.2. The van der Waals surface area contributed by atoms with Gasteiger partial charge in [-0.15, -0.1) is 0 Å². The molecule has 0 aliphatic heterocycles. The molecular formula is C10H14ClN3O3. The van der Waals surface area contributed by atoms with Gasteiger partial charge in [0.2, 0.25) is 0 Å². The van der Waals surface area contributed by atoms with Gasteiger partial charge in [0, 0.05) is 7.05 Å². The van der Waals surface area contributed by atoms with E-state index in [0.717, 1.165) is 0 Å². The number of carbonyl (C=O) groups is 1. The molecule has 0 aliphatic rings. The summed E-state index contributed by atoms with van der Waals surface area (Å²) >= 11 is 5.72. The molecule has 0 unspecified atom stereocenters. The Kier molecular flexibility index (Phi) is 3.77. The molecule has 1 aromatic rings. The Labute approximate surface area is 104 Å². The van der Waals surface area contributed by atoms with Crippen molar-refractivity contribution in [3.63, 3.8) is 0 Å². The van der Waals surface area contributed by atoms with Crippen LogP contribution in [0, 0.1) is 0 Å².